The Balaban J connectivity index is 2.19. The van der Waals surface area contributed by atoms with E-state index in [0.717, 1.165) is 70.6 Å². The number of carbonyl (C=O) groups excluding carboxylic acids is 1. The van der Waals surface area contributed by atoms with E-state index in [-0.39, 0.29) is 5.97 Å². The van der Waals surface area contributed by atoms with Gasteiger partial charge in [0.2, 0.25) is 0 Å². The smallest absolute Gasteiger partial charge is 0.338 e. The average Bonchev–Trinajstić information content (AvgIpc) is 3.05. The number of ether oxygens (including phenoxy) is 1. The molecule has 1 atom stereocenters. The largest absolute Gasteiger partial charge is 0.462 e. The normalized spacial score (nSPS) is 14.2. The van der Waals surface area contributed by atoms with Crippen LogP contribution in [0.2, 0.25) is 0 Å². The van der Waals surface area contributed by atoms with Crippen LogP contribution in [-0.4, -0.2) is 12.6 Å². The van der Waals surface area contributed by atoms with Gasteiger partial charge < -0.3 is 4.74 Å². The van der Waals surface area contributed by atoms with Crippen molar-refractivity contribution < 1.29 is 9.53 Å². The Kier molecular flexibility index (Phi) is 24.8. The Labute approximate surface area is 303 Å². The Hall–Kier alpha value is -3.13. The lowest BCUT2D eigenvalue weighted by molar-refractivity contribution is 0.0484. The highest BCUT2D eigenvalue weighted by Gasteiger charge is 2.08. The summed E-state index contributed by atoms with van der Waals surface area (Å²) in [6.07, 6.45) is 33.9. The lowest BCUT2D eigenvalue weighted by atomic mass is 10.00. The van der Waals surface area contributed by atoms with Crippen LogP contribution in [0.3, 0.4) is 0 Å². The summed E-state index contributed by atoms with van der Waals surface area (Å²) >= 11 is 0. The van der Waals surface area contributed by atoms with Crippen molar-refractivity contribution in [3.05, 3.63) is 117 Å². The van der Waals surface area contributed by atoms with E-state index in [4.69, 9.17) is 4.74 Å². The van der Waals surface area contributed by atoms with Crippen LogP contribution in [0.4, 0.5) is 0 Å². The zero-order chi connectivity index (χ0) is 36.3. The van der Waals surface area contributed by atoms with E-state index >= 15 is 0 Å². The minimum Gasteiger partial charge on any atom is -0.462 e. The molecule has 0 radical (unpaired) electrons. The third kappa shape index (κ3) is 25.5. The summed E-state index contributed by atoms with van der Waals surface area (Å²) in [7, 11) is 0. The van der Waals surface area contributed by atoms with Gasteiger partial charge in [0, 0.05) is 0 Å². The maximum atomic E-state index is 12.1. The van der Waals surface area contributed by atoms with Crippen molar-refractivity contribution in [2.24, 2.45) is 5.92 Å². The number of hydrogen-bond acceptors (Lipinski definition) is 2. The zero-order valence-electron chi connectivity index (χ0n) is 33.1. The molecule has 1 unspecified atom stereocenters. The maximum absolute atomic E-state index is 12.1. The number of esters is 1. The van der Waals surface area contributed by atoms with E-state index in [1.165, 1.54) is 64.7 Å². The summed E-state index contributed by atoms with van der Waals surface area (Å²) in [5.41, 5.74) is 11.1. The van der Waals surface area contributed by atoms with Crippen LogP contribution >= 0.6 is 0 Å². The maximum Gasteiger partial charge on any atom is 0.338 e. The van der Waals surface area contributed by atoms with Gasteiger partial charge in [-0.25, -0.2) is 4.79 Å². The van der Waals surface area contributed by atoms with Crippen LogP contribution in [0.5, 0.6) is 0 Å². The van der Waals surface area contributed by atoms with Gasteiger partial charge in [-0.15, -0.1) is 0 Å². The minimum atomic E-state index is -0.225. The first-order chi connectivity index (χ1) is 23.5. The molecule has 0 saturated carbocycles. The molecule has 0 saturated heterocycles. The third-order valence-corrected chi connectivity index (χ3v) is 9.25. The van der Waals surface area contributed by atoms with Crippen LogP contribution in [0, 0.1) is 5.92 Å². The summed E-state index contributed by atoms with van der Waals surface area (Å²) < 4.78 is 5.44. The first-order valence-electron chi connectivity index (χ1n) is 19.3. The molecule has 0 bridgehead atoms. The standard InChI is InChI=1S/C47H72O2/c1-38(2)20-13-21-39(3)22-14-23-40(4)24-15-25-41(5)26-16-27-42(6)28-17-29-43(7)30-18-31-44(8)32-19-33-45(9)36-37-49-47(48)46-34-11-10-12-35-46/h10-12,20,22,24,26,28,30,32,34-35,45H,13-19,21,23,25,27,29,31,33,36-37H2,1-9H3/b39-22+,40-24+,41-26+,42-28+,43-30+,44-32+. The molecule has 0 heterocycles. The van der Waals surface area contributed by atoms with Gasteiger partial charge >= 0.3 is 5.97 Å². The molecule has 1 aromatic rings. The number of rotatable bonds is 25. The molecule has 1 rings (SSSR count). The fourth-order valence-electron chi connectivity index (χ4n) is 5.70. The Morgan fingerprint density at radius 3 is 1.22 bits per heavy atom. The molecule has 0 spiro atoms. The van der Waals surface area contributed by atoms with Gasteiger partial charge in [-0.05, 0) is 170 Å². The quantitative estimate of drug-likeness (QED) is 0.0765. The topological polar surface area (TPSA) is 26.3 Å². The number of hydrogen-bond donors (Lipinski definition) is 0. The molecule has 2 heteroatoms. The number of carbonyl (C=O) groups is 1. The fourth-order valence-corrected chi connectivity index (χ4v) is 5.70. The summed E-state index contributed by atoms with van der Waals surface area (Å²) in [6, 6.07) is 9.23. The second-order valence-electron chi connectivity index (χ2n) is 14.8. The van der Waals surface area contributed by atoms with Crippen LogP contribution in [0.1, 0.15) is 169 Å². The Morgan fingerprint density at radius 2 is 0.857 bits per heavy atom. The van der Waals surface area contributed by atoms with Crippen molar-refractivity contribution >= 4 is 5.97 Å². The molecule has 0 N–H and O–H groups in total. The number of allylic oxidation sites excluding steroid dienone is 14. The second-order valence-corrected chi connectivity index (χ2v) is 14.8. The van der Waals surface area contributed by atoms with Gasteiger partial charge in [0.1, 0.15) is 0 Å². The molecule has 49 heavy (non-hydrogen) atoms. The van der Waals surface area contributed by atoms with Gasteiger partial charge in [-0.1, -0.05) is 107 Å². The first-order valence-corrected chi connectivity index (χ1v) is 19.3. The zero-order valence-corrected chi connectivity index (χ0v) is 33.1. The van der Waals surface area contributed by atoms with Crippen molar-refractivity contribution in [2.75, 3.05) is 6.61 Å². The summed E-state index contributed by atoms with van der Waals surface area (Å²) in [4.78, 5) is 12.1. The second kappa shape index (κ2) is 27.7. The highest BCUT2D eigenvalue weighted by molar-refractivity contribution is 5.89. The Morgan fingerprint density at radius 1 is 0.510 bits per heavy atom. The van der Waals surface area contributed by atoms with Crippen LogP contribution in [-0.2, 0) is 4.74 Å². The van der Waals surface area contributed by atoms with Gasteiger partial charge in [-0.3, -0.25) is 0 Å². The van der Waals surface area contributed by atoms with Gasteiger partial charge in [0.05, 0.1) is 12.2 Å². The molecular formula is C47H72O2. The van der Waals surface area contributed by atoms with E-state index in [9.17, 15) is 4.79 Å². The predicted molar refractivity (Wildman–Crippen MR) is 217 cm³/mol. The van der Waals surface area contributed by atoms with E-state index in [1.54, 1.807) is 12.1 Å². The molecule has 0 amide bonds. The molecule has 0 aliphatic heterocycles. The van der Waals surface area contributed by atoms with E-state index < -0.39 is 0 Å². The van der Waals surface area contributed by atoms with Gasteiger partial charge in [0.25, 0.3) is 0 Å². The minimum absolute atomic E-state index is 0.225. The highest BCUT2D eigenvalue weighted by atomic mass is 16.5. The van der Waals surface area contributed by atoms with Gasteiger partial charge in [-0.2, -0.15) is 0 Å². The molecule has 272 valence electrons. The number of benzene rings is 1. The van der Waals surface area contributed by atoms with Crippen LogP contribution < -0.4 is 0 Å². The molecule has 1 aromatic carbocycles. The molecule has 0 aliphatic carbocycles. The molecule has 0 aliphatic rings. The molecule has 2 nitrogen and oxygen atoms in total. The van der Waals surface area contributed by atoms with Gasteiger partial charge in [0.15, 0.2) is 0 Å². The monoisotopic (exact) mass is 669 g/mol. The lowest BCUT2D eigenvalue weighted by Crippen LogP contribution is -2.08. The van der Waals surface area contributed by atoms with E-state index in [1.807, 2.05) is 18.2 Å². The highest BCUT2D eigenvalue weighted by Crippen LogP contribution is 2.18. The first kappa shape index (κ1) is 43.9. The van der Waals surface area contributed by atoms with Crippen LogP contribution in [0.15, 0.2) is 112 Å². The van der Waals surface area contributed by atoms with E-state index in [2.05, 4.69) is 105 Å². The summed E-state index contributed by atoms with van der Waals surface area (Å²) in [6.45, 7) is 20.8. The van der Waals surface area contributed by atoms with Crippen molar-refractivity contribution in [3.63, 3.8) is 0 Å². The third-order valence-electron chi connectivity index (χ3n) is 9.25. The fraction of sp³-hybridized carbons (Fsp3) is 0.553. The Bertz CT molecular complexity index is 1270. The van der Waals surface area contributed by atoms with Crippen molar-refractivity contribution in [1.82, 2.24) is 0 Å². The molecule has 0 fully saturated rings. The van der Waals surface area contributed by atoms with Crippen LogP contribution in [0.25, 0.3) is 0 Å². The molecule has 0 aromatic heterocycles. The van der Waals surface area contributed by atoms with E-state index in [0.29, 0.717) is 18.1 Å². The lowest BCUT2D eigenvalue weighted by Gasteiger charge is -2.11. The van der Waals surface area contributed by atoms with Crippen molar-refractivity contribution in [2.45, 2.75) is 159 Å². The predicted octanol–water partition coefficient (Wildman–Crippen LogP) is 15.0. The summed E-state index contributed by atoms with van der Waals surface area (Å²) in [5.74, 6) is 0.315. The SMILES string of the molecule is CC(C)=CCC/C(C)=C/CC/C(C)=C/CC/C(C)=C/CC/C(C)=C/CC/C(C)=C/CC/C(C)=C/CCC(C)CCOC(=O)c1ccccc1. The molecular weight excluding hydrogens is 597 g/mol. The van der Waals surface area contributed by atoms with Crippen molar-refractivity contribution in [1.29, 1.82) is 0 Å². The summed E-state index contributed by atoms with van der Waals surface area (Å²) in [5, 5.41) is 0. The van der Waals surface area contributed by atoms with Crippen molar-refractivity contribution in [3.8, 4) is 0 Å². The average molecular weight is 669 g/mol.